The van der Waals surface area contributed by atoms with Crippen molar-refractivity contribution >= 4 is 17.3 Å². The zero-order valence-corrected chi connectivity index (χ0v) is 15.2. The lowest BCUT2D eigenvalue weighted by Gasteiger charge is -2.26. The summed E-state index contributed by atoms with van der Waals surface area (Å²) in [5.41, 5.74) is 2.22. The quantitative estimate of drug-likeness (QED) is 0.536. The molecular formula is C19H17N5O4. The summed E-state index contributed by atoms with van der Waals surface area (Å²) in [4.78, 5) is 15.0. The molecule has 0 radical (unpaired) electrons. The molecule has 9 heteroatoms. The fourth-order valence-electron chi connectivity index (χ4n) is 3.26. The van der Waals surface area contributed by atoms with Crippen LogP contribution in [0.5, 0.6) is 11.5 Å². The molecule has 1 atom stereocenters. The molecule has 0 saturated heterocycles. The van der Waals surface area contributed by atoms with E-state index in [0.717, 1.165) is 5.56 Å². The largest absolute Gasteiger partial charge is 0.493 e. The number of hydrogen-bond donors (Lipinski definition) is 1. The van der Waals surface area contributed by atoms with Gasteiger partial charge in [-0.25, -0.2) is 4.68 Å². The molecule has 1 aliphatic heterocycles. The Morgan fingerprint density at radius 1 is 1.18 bits per heavy atom. The highest BCUT2D eigenvalue weighted by atomic mass is 16.6. The van der Waals surface area contributed by atoms with E-state index in [1.807, 2.05) is 24.3 Å². The van der Waals surface area contributed by atoms with Gasteiger partial charge < -0.3 is 14.8 Å². The number of rotatable bonds is 5. The standard InChI is InChI=1S/C19H17N5O4/c1-27-17-8-4-7-14(18(17)28-2)16-10-15(22-19-20-11-21-23(16)19)12-5-3-6-13(9-12)24(25)26/h3-11,16H,1-2H3,(H,20,21,22). The molecule has 0 amide bonds. The van der Waals surface area contributed by atoms with Crippen LogP contribution < -0.4 is 14.8 Å². The SMILES string of the molecule is COc1cccc(C2C=C(c3cccc([N+](=O)[O-])c3)Nc3ncnn32)c1OC. The van der Waals surface area contributed by atoms with Gasteiger partial charge in [0.2, 0.25) is 5.95 Å². The highest BCUT2D eigenvalue weighted by Gasteiger charge is 2.27. The topological polar surface area (TPSA) is 104 Å². The van der Waals surface area contributed by atoms with E-state index in [0.29, 0.717) is 28.7 Å². The minimum Gasteiger partial charge on any atom is -0.493 e. The number of ether oxygens (including phenoxy) is 2. The summed E-state index contributed by atoms with van der Waals surface area (Å²) in [6, 6.07) is 11.7. The maximum Gasteiger partial charge on any atom is 0.270 e. The molecule has 1 unspecified atom stereocenters. The van der Waals surface area contributed by atoms with Crippen LogP contribution in [0.3, 0.4) is 0 Å². The highest BCUT2D eigenvalue weighted by Crippen LogP contribution is 2.40. The Hall–Kier alpha value is -3.88. The third-order valence-corrected chi connectivity index (χ3v) is 4.53. The number of nitro benzene ring substituents is 1. The molecule has 2 heterocycles. The van der Waals surface area contributed by atoms with Gasteiger partial charge in [0.1, 0.15) is 12.4 Å². The van der Waals surface area contributed by atoms with E-state index < -0.39 is 4.92 Å². The average Bonchev–Trinajstić information content (AvgIpc) is 3.21. The summed E-state index contributed by atoms with van der Waals surface area (Å²) in [5.74, 6) is 1.72. The third-order valence-electron chi connectivity index (χ3n) is 4.53. The molecule has 0 spiro atoms. The Morgan fingerprint density at radius 3 is 2.75 bits per heavy atom. The van der Waals surface area contributed by atoms with E-state index in [1.165, 1.54) is 18.5 Å². The van der Waals surface area contributed by atoms with Gasteiger partial charge in [-0.2, -0.15) is 10.1 Å². The molecule has 3 aromatic rings. The van der Waals surface area contributed by atoms with Crippen molar-refractivity contribution in [2.75, 3.05) is 19.5 Å². The summed E-state index contributed by atoms with van der Waals surface area (Å²) in [6.45, 7) is 0. The number of methoxy groups -OCH3 is 2. The van der Waals surface area contributed by atoms with Crippen molar-refractivity contribution in [2.24, 2.45) is 0 Å². The molecule has 142 valence electrons. The highest BCUT2D eigenvalue weighted by molar-refractivity contribution is 5.78. The normalized spacial score (nSPS) is 15.2. The van der Waals surface area contributed by atoms with Crippen molar-refractivity contribution in [1.82, 2.24) is 14.8 Å². The van der Waals surface area contributed by atoms with Crippen LogP contribution in [0.4, 0.5) is 11.6 Å². The number of fused-ring (bicyclic) bond motifs is 1. The van der Waals surface area contributed by atoms with Gasteiger partial charge >= 0.3 is 0 Å². The molecule has 28 heavy (non-hydrogen) atoms. The first-order valence-corrected chi connectivity index (χ1v) is 8.46. The molecule has 1 aliphatic rings. The van der Waals surface area contributed by atoms with Crippen LogP contribution in [0.1, 0.15) is 17.2 Å². The maximum absolute atomic E-state index is 11.1. The molecular weight excluding hydrogens is 362 g/mol. The van der Waals surface area contributed by atoms with Crippen LogP contribution >= 0.6 is 0 Å². The Morgan fingerprint density at radius 2 is 2.00 bits per heavy atom. The number of non-ortho nitro benzene ring substituents is 1. The smallest absolute Gasteiger partial charge is 0.270 e. The number of benzene rings is 2. The third kappa shape index (κ3) is 2.92. The van der Waals surface area contributed by atoms with E-state index >= 15 is 0 Å². The number of nitrogens with zero attached hydrogens (tertiary/aromatic N) is 4. The number of nitrogens with one attached hydrogen (secondary N) is 1. The maximum atomic E-state index is 11.1. The van der Waals surface area contributed by atoms with E-state index in [2.05, 4.69) is 15.4 Å². The van der Waals surface area contributed by atoms with Gasteiger partial charge in [0.25, 0.3) is 5.69 Å². The molecule has 0 bridgehead atoms. The Labute approximate surface area is 160 Å². The van der Waals surface area contributed by atoms with Crippen molar-refractivity contribution < 1.29 is 14.4 Å². The second kappa shape index (κ2) is 7.03. The lowest BCUT2D eigenvalue weighted by molar-refractivity contribution is -0.384. The summed E-state index contributed by atoms with van der Waals surface area (Å²) in [5, 5.41) is 18.6. The van der Waals surface area contributed by atoms with Crippen LogP contribution in [-0.4, -0.2) is 33.9 Å². The number of nitro groups is 1. The minimum atomic E-state index is -0.419. The Kier molecular flexibility index (Phi) is 4.40. The van der Waals surface area contributed by atoms with Gasteiger partial charge in [-0.05, 0) is 12.1 Å². The van der Waals surface area contributed by atoms with Crippen LogP contribution in [0, 0.1) is 10.1 Å². The molecule has 0 aliphatic carbocycles. The van der Waals surface area contributed by atoms with Crippen LogP contribution in [-0.2, 0) is 0 Å². The predicted molar refractivity (Wildman–Crippen MR) is 102 cm³/mol. The number of allylic oxidation sites excluding steroid dienone is 1. The first-order chi connectivity index (χ1) is 13.6. The molecule has 9 nitrogen and oxygen atoms in total. The van der Waals surface area contributed by atoms with Crippen LogP contribution in [0.15, 0.2) is 54.9 Å². The van der Waals surface area contributed by atoms with E-state index in [1.54, 1.807) is 31.0 Å². The fraction of sp³-hybridized carbons (Fsp3) is 0.158. The lowest BCUT2D eigenvalue weighted by Crippen LogP contribution is -2.20. The van der Waals surface area contributed by atoms with E-state index in [4.69, 9.17) is 9.47 Å². The lowest BCUT2D eigenvalue weighted by atomic mass is 10.00. The first-order valence-electron chi connectivity index (χ1n) is 8.46. The van der Waals surface area contributed by atoms with Crippen LogP contribution in [0.2, 0.25) is 0 Å². The Bertz CT molecular complexity index is 1080. The van der Waals surface area contributed by atoms with Crippen molar-refractivity contribution in [1.29, 1.82) is 0 Å². The van der Waals surface area contributed by atoms with Gasteiger partial charge in [-0.15, -0.1) is 0 Å². The molecule has 1 N–H and O–H groups in total. The van der Waals surface area contributed by atoms with Gasteiger partial charge in [0, 0.05) is 29.0 Å². The average molecular weight is 379 g/mol. The van der Waals surface area contributed by atoms with Gasteiger partial charge in [-0.1, -0.05) is 24.3 Å². The summed E-state index contributed by atoms with van der Waals surface area (Å²) in [6.07, 6.45) is 3.38. The predicted octanol–water partition coefficient (Wildman–Crippen LogP) is 3.26. The molecule has 0 saturated carbocycles. The minimum absolute atomic E-state index is 0.0164. The van der Waals surface area contributed by atoms with Crippen molar-refractivity contribution in [3.8, 4) is 11.5 Å². The van der Waals surface area contributed by atoms with Gasteiger partial charge in [0.05, 0.1) is 19.1 Å². The fourth-order valence-corrected chi connectivity index (χ4v) is 3.26. The number of para-hydroxylation sites is 1. The van der Waals surface area contributed by atoms with E-state index in [-0.39, 0.29) is 11.7 Å². The monoisotopic (exact) mass is 379 g/mol. The zero-order valence-electron chi connectivity index (χ0n) is 15.2. The van der Waals surface area contributed by atoms with Gasteiger partial charge in [0.15, 0.2) is 11.5 Å². The second-order valence-corrected chi connectivity index (χ2v) is 6.07. The zero-order chi connectivity index (χ0) is 19.7. The number of aromatic nitrogens is 3. The van der Waals surface area contributed by atoms with Gasteiger partial charge in [-0.3, -0.25) is 10.1 Å². The van der Waals surface area contributed by atoms with Crippen molar-refractivity contribution in [2.45, 2.75) is 6.04 Å². The molecule has 1 aromatic heterocycles. The molecule has 4 rings (SSSR count). The summed E-state index contributed by atoms with van der Waals surface area (Å²) < 4.78 is 12.7. The van der Waals surface area contributed by atoms with E-state index in [9.17, 15) is 10.1 Å². The van der Waals surface area contributed by atoms with Crippen LogP contribution in [0.25, 0.3) is 5.70 Å². The summed E-state index contributed by atoms with van der Waals surface area (Å²) in [7, 11) is 3.16. The molecule has 2 aromatic carbocycles. The first kappa shape index (κ1) is 17.5. The summed E-state index contributed by atoms with van der Waals surface area (Å²) >= 11 is 0. The van der Waals surface area contributed by atoms with Crippen molar-refractivity contribution in [3.63, 3.8) is 0 Å². The van der Waals surface area contributed by atoms with Crippen molar-refractivity contribution in [3.05, 3.63) is 76.1 Å². The molecule has 0 fully saturated rings. The number of hydrogen-bond acceptors (Lipinski definition) is 7. The Balaban J connectivity index is 1.86. The second-order valence-electron chi connectivity index (χ2n) is 6.07. The number of anilines is 1.